The van der Waals surface area contributed by atoms with Crippen molar-refractivity contribution in [2.45, 2.75) is 38.1 Å². The van der Waals surface area contributed by atoms with Crippen molar-refractivity contribution in [3.63, 3.8) is 0 Å². The molecule has 0 radical (unpaired) electrons. The number of carbonyl (C=O) groups excluding carboxylic acids is 3. The third kappa shape index (κ3) is 4.30. The molecule has 3 aromatic carbocycles. The zero-order valence-electron chi connectivity index (χ0n) is 23.3. The molecule has 0 aromatic heterocycles. The predicted octanol–water partition coefficient (Wildman–Crippen LogP) is 6.32. The largest absolute Gasteiger partial charge is 0.488 e. The number of benzene rings is 3. The number of hydrogen-bond acceptors (Lipinski definition) is 9. The van der Waals surface area contributed by atoms with Crippen LogP contribution >= 0.6 is 11.6 Å². The van der Waals surface area contributed by atoms with Crippen LogP contribution in [0.25, 0.3) is 0 Å². The molecule has 1 unspecified atom stereocenters. The van der Waals surface area contributed by atoms with Crippen LogP contribution in [0.15, 0.2) is 94.5 Å². The minimum Gasteiger partial charge on any atom is -0.488 e. The van der Waals surface area contributed by atoms with Crippen LogP contribution in [0.2, 0.25) is 5.02 Å². The maximum atomic E-state index is 14.2. The Bertz CT molecular complexity index is 1830. The first-order chi connectivity index (χ1) is 21.4. The van der Waals surface area contributed by atoms with Crippen LogP contribution in [-0.4, -0.2) is 29.4 Å². The maximum absolute atomic E-state index is 14.2. The number of allylic oxidation sites excluding steroid dienone is 2. The first-order valence-corrected chi connectivity index (χ1v) is 14.6. The van der Waals surface area contributed by atoms with Gasteiger partial charge in [-0.2, -0.15) is 0 Å². The molecular formula is C34H25ClN2O7. The highest BCUT2D eigenvalue weighted by Gasteiger charge is 2.72. The molecule has 1 spiro atoms. The van der Waals surface area contributed by atoms with Crippen LogP contribution in [-0.2, 0) is 33.9 Å². The van der Waals surface area contributed by atoms with Crippen LogP contribution in [0.5, 0.6) is 5.75 Å². The van der Waals surface area contributed by atoms with Gasteiger partial charge in [0.25, 0.3) is 0 Å². The van der Waals surface area contributed by atoms with Crippen molar-refractivity contribution >= 4 is 35.4 Å². The van der Waals surface area contributed by atoms with Crippen LogP contribution in [0, 0.1) is 22.2 Å². The summed E-state index contributed by atoms with van der Waals surface area (Å²) in [6, 6.07) is 20.0. The molecule has 3 aromatic rings. The summed E-state index contributed by atoms with van der Waals surface area (Å²) >= 11 is 6.65. The number of ether oxygens (including phenoxy) is 3. The number of hydrogen-bond donors (Lipinski definition) is 1. The van der Waals surface area contributed by atoms with Gasteiger partial charge in [0.05, 0.1) is 10.6 Å². The number of nitroso groups, excluding NO2 is 1. The van der Waals surface area contributed by atoms with Gasteiger partial charge in [0.1, 0.15) is 30.2 Å². The van der Waals surface area contributed by atoms with Crippen molar-refractivity contribution in [1.29, 1.82) is 5.41 Å². The van der Waals surface area contributed by atoms with E-state index in [2.05, 4.69) is 5.18 Å². The summed E-state index contributed by atoms with van der Waals surface area (Å²) in [4.78, 5) is 52.0. The van der Waals surface area contributed by atoms with Gasteiger partial charge in [0.2, 0.25) is 17.3 Å². The summed E-state index contributed by atoms with van der Waals surface area (Å²) < 4.78 is 17.8. The maximum Gasteiger partial charge on any atom is 0.231 e. The molecule has 220 valence electrons. The predicted molar refractivity (Wildman–Crippen MR) is 159 cm³/mol. The standard InChI is InChI=1S/C34H25ClN2O7/c35-29-21(15-38)13-25(42-16-18-7-3-1-4-8-18)27-23(29)12-20-11-22-14-24(37-41)28(33(36)43-17-19-9-5-2-6-10-19)31(40)34(22)32(44-34)26(20)30(27)39/h1-10,13,15,20,22,36H,11-12,14,16-17H2/t20?,22-,34+/m0/s1. The fraction of sp³-hybridized carbons (Fsp3) is 0.235. The molecule has 9 nitrogen and oxygen atoms in total. The summed E-state index contributed by atoms with van der Waals surface area (Å²) in [7, 11) is 0. The number of rotatable bonds is 8. The zero-order valence-corrected chi connectivity index (χ0v) is 24.1. The van der Waals surface area contributed by atoms with Gasteiger partial charge in [-0.3, -0.25) is 19.8 Å². The van der Waals surface area contributed by atoms with Crippen molar-refractivity contribution in [3.05, 3.63) is 127 Å². The highest BCUT2D eigenvalue weighted by Crippen LogP contribution is 2.63. The van der Waals surface area contributed by atoms with Gasteiger partial charge in [-0.05, 0) is 46.7 Å². The van der Waals surface area contributed by atoms with E-state index in [1.54, 1.807) is 0 Å². The average Bonchev–Trinajstić information content (AvgIpc) is 3.80. The quantitative estimate of drug-likeness (QED) is 0.104. The Labute approximate surface area is 256 Å². The second-order valence-corrected chi connectivity index (χ2v) is 11.7. The lowest BCUT2D eigenvalue weighted by atomic mass is 9.63. The number of ketones is 2. The molecule has 3 atom stereocenters. The van der Waals surface area contributed by atoms with Crippen molar-refractivity contribution in [2.24, 2.45) is 17.0 Å². The number of carbonyl (C=O) groups is 3. The Morgan fingerprint density at radius 3 is 2.39 bits per heavy atom. The molecule has 3 aliphatic carbocycles. The molecule has 7 rings (SSSR count). The van der Waals surface area contributed by atoms with Gasteiger partial charge < -0.3 is 14.2 Å². The van der Waals surface area contributed by atoms with Crippen molar-refractivity contribution in [3.8, 4) is 5.75 Å². The number of aldehydes is 1. The third-order valence-corrected chi connectivity index (χ3v) is 9.30. The number of nitrogens with zero attached hydrogens (tertiary/aromatic N) is 1. The molecule has 0 amide bonds. The molecule has 1 aliphatic heterocycles. The Balaban J connectivity index is 1.24. The van der Waals surface area contributed by atoms with Gasteiger partial charge in [0, 0.05) is 23.5 Å². The highest BCUT2D eigenvalue weighted by molar-refractivity contribution is 6.35. The van der Waals surface area contributed by atoms with E-state index in [1.165, 1.54) is 6.07 Å². The molecule has 4 aliphatic rings. The molecule has 0 bridgehead atoms. The minimum atomic E-state index is -1.46. The Kier molecular flexibility index (Phi) is 6.77. The van der Waals surface area contributed by atoms with Gasteiger partial charge in [-0.25, -0.2) is 0 Å². The van der Waals surface area contributed by atoms with E-state index >= 15 is 0 Å². The normalized spacial score (nSPS) is 23.0. The topological polar surface area (TPSA) is 135 Å². The molecule has 0 saturated carbocycles. The van der Waals surface area contributed by atoms with Crippen LogP contribution < -0.4 is 4.74 Å². The second kappa shape index (κ2) is 10.7. The van der Waals surface area contributed by atoms with Crippen LogP contribution in [0.4, 0.5) is 0 Å². The van der Waals surface area contributed by atoms with Crippen LogP contribution in [0.1, 0.15) is 50.2 Å². The van der Waals surface area contributed by atoms with E-state index in [-0.39, 0.29) is 70.3 Å². The Hall–Kier alpha value is -4.89. The van der Waals surface area contributed by atoms with Crippen molar-refractivity contribution in [2.75, 3.05) is 0 Å². The molecule has 1 N–H and O–H groups in total. The van der Waals surface area contributed by atoms with Gasteiger partial charge in [-0.1, -0.05) is 72.3 Å². The van der Waals surface area contributed by atoms with E-state index in [9.17, 15) is 19.3 Å². The number of epoxide rings is 1. The molecule has 44 heavy (non-hydrogen) atoms. The molecule has 10 heteroatoms. The summed E-state index contributed by atoms with van der Waals surface area (Å²) in [6.45, 7) is 0.192. The first-order valence-electron chi connectivity index (χ1n) is 14.2. The van der Waals surface area contributed by atoms with Crippen molar-refractivity contribution in [1.82, 2.24) is 0 Å². The summed E-state index contributed by atoms with van der Waals surface area (Å²) in [5.41, 5.74) is 1.24. The fourth-order valence-corrected chi connectivity index (χ4v) is 7.02. The molecular weight excluding hydrogens is 584 g/mol. The first kappa shape index (κ1) is 27.9. The molecule has 1 fully saturated rings. The third-order valence-electron chi connectivity index (χ3n) is 8.85. The van der Waals surface area contributed by atoms with E-state index in [4.69, 9.17) is 31.2 Å². The Morgan fingerprint density at radius 2 is 1.73 bits per heavy atom. The second-order valence-electron chi connectivity index (χ2n) is 11.3. The number of Topliss-reactive ketones (excluding diaryl/α,β-unsaturated/α-hetero) is 2. The number of fused-ring (bicyclic) bond motifs is 2. The number of halogens is 1. The lowest BCUT2D eigenvalue weighted by Crippen LogP contribution is -2.45. The van der Waals surface area contributed by atoms with E-state index in [0.717, 1.165) is 11.1 Å². The molecule has 1 heterocycles. The summed E-state index contributed by atoms with van der Waals surface area (Å²) in [5, 5.41) is 11.8. The van der Waals surface area contributed by atoms with E-state index in [0.29, 0.717) is 30.3 Å². The zero-order chi connectivity index (χ0) is 30.6. The van der Waals surface area contributed by atoms with E-state index in [1.807, 2.05) is 60.7 Å². The number of nitrogens with one attached hydrogen (secondary N) is 1. The minimum absolute atomic E-state index is 0.0282. The monoisotopic (exact) mass is 608 g/mol. The SMILES string of the molecule is N=C(OCc1ccccc1)C1=C(N=O)C[C@@H]2CC3Cc4c(Cl)c(C=O)cc(OCc5ccccc5)c4C(=O)C3=C3O[C@]32C1=O. The summed E-state index contributed by atoms with van der Waals surface area (Å²) in [6.07, 6.45) is 1.39. The molecule has 1 saturated heterocycles. The van der Waals surface area contributed by atoms with Crippen molar-refractivity contribution < 1.29 is 28.6 Å². The highest BCUT2D eigenvalue weighted by atomic mass is 35.5. The summed E-state index contributed by atoms with van der Waals surface area (Å²) in [5.74, 6) is -1.79. The van der Waals surface area contributed by atoms with Gasteiger partial charge >= 0.3 is 0 Å². The van der Waals surface area contributed by atoms with Crippen LogP contribution in [0.3, 0.4) is 0 Å². The van der Waals surface area contributed by atoms with E-state index < -0.39 is 23.2 Å². The lowest BCUT2D eigenvalue weighted by molar-refractivity contribution is -0.123. The van der Waals surface area contributed by atoms with Gasteiger partial charge in [0.15, 0.2) is 17.8 Å². The Morgan fingerprint density at radius 1 is 1.05 bits per heavy atom. The smallest absolute Gasteiger partial charge is 0.231 e. The van der Waals surface area contributed by atoms with Gasteiger partial charge in [-0.15, -0.1) is 4.91 Å². The average molecular weight is 609 g/mol. The fourth-order valence-electron chi connectivity index (χ4n) is 6.74. The lowest BCUT2D eigenvalue weighted by Gasteiger charge is -2.36.